The maximum Gasteiger partial charge on any atom is 0.317 e. The fourth-order valence-corrected chi connectivity index (χ4v) is 3.10. The lowest BCUT2D eigenvalue weighted by Gasteiger charge is -2.35. The molecule has 0 atom stereocenters. The number of urea groups is 1. The van der Waals surface area contributed by atoms with Gasteiger partial charge in [0.25, 0.3) is 0 Å². The highest BCUT2D eigenvalue weighted by Crippen LogP contribution is 2.14. The second-order valence-corrected chi connectivity index (χ2v) is 6.48. The SMILES string of the molecule is CCN(CC)C(=O)NCCCCCN(C)C1CCN(C)CC1. The lowest BCUT2D eigenvalue weighted by molar-refractivity contribution is 0.142. The van der Waals surface area contributed by atoms with Crippen molar-refractivity contribution in [1.82, 2.24) is 20.0 Å². The van der Waals surface area contributed by atoms with Gasteiger partial charge in [0.1, 0.15) is 0 Å². The number of likely N-dealkylation sites (tertiary alicyclic amines) is 1. The number of nitrogens with zero attached hydrogens (tertiary/aromatic N) is 3. The van der Waals surface area contributed by atoms with Gasteiger partial charge >= 0.3 is 6.03 Å². The maximum absolute atomic E-state index is 11.8. The molecule has 0 spiro atoms. The zero-order valence-corrected chi connectivity index (χ0v) is 15.1. The van der Waals surface area contributed by atoms with E-state index in [1.54, 1.807) is 0 Å². The number of hydrogen-bond acceptors (Lipinski definition) is 3. The highest BCUT2D eigenvalue weighted by Gasteiger charge is 2.19. The number of carbonyl (C=O) groups is 1. The average molecular weight is 313 g/mol. The Kier molecular flexibility index (Phi) is 9.48. The van der Waals surface area contributed by atoms with Crippen molar-refractivity contribution in [2.24, 2.45) is 0 Å². The third-order valence-electron chi connectivity index (χ3n) is 4.83. The maximum atomic E-state index is 11.8. The number of piperidine rings is 1. The van der Waals surface area contributed by atoms with Crippen LogP contribution in [0.25, 0.3) is 0 Å². The Morgan fingerprint density at radius 2 is 1.77 bits per heavy atom. The van der Waals surface area contributed by atoms with Crippen LogP contribution in [0.4, 0.5) is 4.79 Å². The molecule has 5 nitrogen and oxygen atoms in total. The number of unbranched alkanes of at least 4 members (excludes halogenated alkanes) is 2. The van der Waals surface area contributed by atoms with Crippen LogP contribution in [-0.4, -0.2) is 80.1 Å². The Morgan fingerprint density at radius 1 is 1.14 bits per heavy atom. The Bertz CT molecular complexity index is 299. The minimum absolute atomic E-state index is 0.0773. The molecule has 0 aliphatic carbocycles. The summed E-state index contributed by atoms with van der Waals surface area (Å²) in [6, 6.07) is 0.840. The minimum Gasteiger partial charge on any atom is -0.338 e. The number of carbonyl (C=O) groups excluding carboxylic acids is 1. The summed E-state index contributed by atoms with van der Waals surface area (Å²) in [5.41, 5.74) is 0. The molecular weight excluding hydrogens is 276 g/mol. The first kappa shape index (κ1) is 19.2. The van der Waals surface area contributed by atoms with Crippen LogP contribution in [0.15, 0.2) is 0 Å². The second-order valence-electron chi connectivity index (χ2n) is 6.48. The van der Waals surface area contributed by atoms with Crippen molar-refractivity contribution in [2.75, 3.05) is 53.4 Å². The fourth-order valence-electron chi connectivity index (χ4n) is 3.10. The lowest BCUT2D eigenvalue weighted by Crippen LogP contribution is -2.42. The lowest BCUT2D eigenvalue weighted by atomic mass is 10.0. The smallest absolute Gasteiger partial charge is 0.317 e. The van der Waals surface area contributed by atoms with Gasteiger partial charge in [0.05, 0.1) is 0 Å². The van der Waals surface area contributed by atoms with Crippen LogP contribution in [-0.2, 0) is 0 Å². The normalized spacial score (nSPS) is 17.0. The molecule has 1 N–H and O–H groups in total. The highest BCUT2D eigenvalue weighted by atomic mass is 16.2. The predicted molar refractivity (Wildman–Crippen MR) is 93.3 cm³/mol. The molecule has 0 aromatic rings. The van der Waals surface area contributed by atoms with Gasteiger partial charge in [-0.2, -0.15) is 0 Å². The van der Waals surface area contributed by atoms with E-state index in [1.807, 2.05) is 18.7 Å². The van der Waals surface area contributed by atoms with Crippen molar-refractivity contribution in [1.29, 1.82) is 0 Å². The monoisotopic (exact) mass is 312 g/mol. The van der Waals surface area contributed by atoms with Crippen molar-refractivity contribution in [3.8, 4) is 0 Å². The summed E-state index contributed by atoms with van der Waals surface area (Å²) >= 11 is 0. The van der Waals surface area contributed by atoms with E-state index in [9.17, 15) is 4.79 Å². The van der Waals surface area contributed by atoms with E-state index in [2.05, 4.69) is 29.2 Å². The van der Waals surface area contributed by atoms with E-state index in [4.69, 9.17) is 0 Å². The summed E-state index contributed by atoms with van der Waals surface area (Å²) < 4.78 is 0. The van der Waals surface area contributed by atoms with Crippen molar-refractivity contribution in [2.45, 2.75) is 52.0 Å². The summed E-state index contributed by atoms with van der Waals surface area (Å²) in [4.78, 5) is 18.6. The van der Waals surface area contributed by atoms with Gasteiger partial charge in [-0.1, -0.05) is 6.42 Å². The van der Waals surface area contributed by atoms with Gasteiger partial charge in [-0.15, -0.1) is 0 Å². The van der Waals surface area contributed by atoms with Crippen LogP contribution in [0.2, 0.25) is 0 Å². The molecule has 0 unspecified atom stereocenters. The van der Waals surface area contributed by atoms with Crippen LogP contribution < -0.4 is 5.32 Å². The zero-order chi connectivity index (χ0) is 16.4. The Balaban J connectivity index is 2.02. The molecule has 1 aliphatic heterocycles. The van der Waals surface area contributed by atoms with Crippen molar-refractivity contribution in [3.05, 3.63) is 0 Å². The molecule has 1 rings (SSSR count). The largest absolute Gasteiger partial charge is 0.338 e. The average Bonchev–Trinajstić information content (AvgIpc) is 2.52. The first-order valence-electron chi connectivity index (χ1n) is 9.00. The van der Waals surface area contributed by atoms with Crippen LogP contribution in [0, 0.1) is 0 Å². The van der Waals surface area contributed by atoms with Gasteiger partial charge in [-0.3, -0.25) is 0 Å². The number of nitrogens with one attached hydrogen (secondary N) is 1. The summed E-state index contributed by atoms with van der Waals surface area (Å²) in [6.45, 7) is 10.0. The van der Waals surface area contributed by atoms with Crippen LogP contribution in [0.1, 0.15) is 46.0 Å². The van der Waals surface area contributed by atoms with E-state index < -0.39 is 0 Å². The third kappa shape index (κ3) is 6.97. The molecule has 1 fully saturated rings. The number of amides is 2. The second kappa shape index (κ2) is 10.8. The molecule has 0 bridgehead atoms. The molecule has 0 saturated carbocycles. The Morgan fingerprint density at radius 3 is 2.36 bits per heavy atom. The molecule has 1 saturated heterocycles. The molecule has 0 radical (unpaired) electrons. The molecular formula is C17H36N4O. The molecule has 1 heterocycles. The Hall–Kier alpha value is -0.810. The highest BCUT2D eigenvalue weighted by molar-refractivity contribution is 5.73. The third-order valence-corrected chi connectivity index (χ3v) is 4.83. The van der Waals surface area contributed by atoms with E-state index in [0.717, 1.165) is 32.1 Å². The van der Waals surface area contributed by atoms with Gasteiger partial charge in [-0.25, -0.2) is 4.79 Å². The first-order valence-corrected chi connectivity index (χ1v) is 9.00. The molecule has 2 amide bonds. The standard InChI is InChI=1S/C17H36N4O/c1-5-21(6-2)17(22)18-12-8-7-9-13-20(4)16-10-14-19(3)15-11-16/h16H,5-15H2,1-4H3,(H,18,22). The van der Waals surface area contributed by atoms with Crippen LogP contribution in [0.5, 0.6) is 0 Å². The van der Waals surface area contributed by atoms with Crippen molar-refractivity contribution < 1.29 is 4.79 Å². The van der Waals surface area contributed by atoms with E-state index in [1.165, 1.54) is 45.3 Å². The van der Waals surface area contributed by atoms with Gasteiger partial charge in [0.15, 0.2) is 0 Å². The van der Waals surface area contributed by atoms with Crippen LogP contribution in [0.3, 0.4) is 0 Å². The predicted octanol–water partition coefficient (Wildman–Crippen LogP) is 2.23. The van der Waals surface area contributed by atoms with Crippen LogP contribution >= 0.6 is 0 Å². The van der Waals surface area contributed by atoms with E-state index in [-0.39, 0.29) is 6.03 Å². The van der Waals surface area contributed by atoms with Gasteiger partial charge in [0, 0.05) is 25.7 Å². The molecule has 5 heteroatoms. The minimum atomic E-state index is 0.0773. The van der Waals surface area contributed by atoms with E-state index >= 15 is 0 Å². The molecule has 130 valence electrons. The summed E-state index contributed by atoms with van der Waals surface area (Å²) in [5, 5.41) is 3.01. The molecule has 0 aromatic heterocycles. The van der Waals surface area contributed by atoms with Gasteiger partial charge in [0.2, 0.25) is 0 Å². The molecule has 0 aromatic carbocycles. The topological polar surface area (TPSA) is 38.8 Å². The quantitative estimate of drug-likeness (QED) is 0.664. The summed E-state index contributed by atoms with van der Waals surface area (Å²) in [7, 11) is 4.47. The van der Waals surface area contributed by atoms with Gasteiger partial charge < -0.3 is 20.0 Å². The van der Waals surface area contributed by atoms with Crippen molar-refractivity contribution in [3.63, 3.8) is 0 Å². The first-order chi connectivity index (χ1) is 10.6. The fraction of sp³-hybridized carbons (Fsp3) is 0.941. The van der Waals surface area contributed by atoms with Gasteiger partial charge in [-0.05, 0) is 73.3 Å². The van der Waals surface area contributed by atoms with E-state index in [0.29, 0.717) is 0 Å². The zero-order valence-electron chi connectivity index (χ0n) is 15.1. The molecule has 1 aliphatic rings. The van der Waals surface area contributed by atoms with Crippen molar-refractivity contribution >= 4 is 6.03 Å². The number of rotatable bonds is 9. The number of hydrogen-bond donors (Lipinski definition) is 1. The molecule has 22 heavy (non-hydrogen) atoms. The summed E-state index contributed by atoms with van der Waals surface area (Å²) in [5.74, 6) is 0. The summed E-state index contributed by atoms with van der Waals surface area (Å²) in [6.07, 6.45) is 6.09. The Labute approximate surface area is 137 Å².